The summed E-state index contributed by atoms with van der Waals surface area (Å²) in [7, 11) is 0. The normalized spacial score (nSPS) is 34.9. The molecule has 7 nitrogen and oxygen atoms in total. The summed E-state index contributed by atoms with van der Waals surface area (Å²) in [5.74, 6) is -0.192. The summed E-state index contributed by atoms with van der Waals surface area (Å²) < 4.78 is 7.53. The van der Waals surface area contributed by atoms with Crippen molar-refractivity contribution in [1.29, 1.82) is 0 Å². The molecule has 8 heteroatoms. The van der Waals surface area contributed by atoms with E-state index in [9.17, 15) is 14.7 Å². The number of hydrogen-bond donors (Lipinski definition) is 2. The van der Waals surface area contributed by atoms with Gasteiger partial charge in [0.2, 0.25) is 4.93 Å². The Morgan fingerprint density at radius 1 is 1.50 bits per heavy atom. The van der Waals surface area contributed by atoms with Gasteiger partial charge in [0.1, 0.15) is 5.82 Å². The van der Waals surface area contributed by atoms with Crippen molar-refractivity contribution in [1.82, 2.24) is 9.55 Å². The molecule has 1 aliphatic heterocycles. The molecule has 0 amide bonds. The molecule has 3 rings (SSSR count). The molecule has 5 atom stereocenters. The summed E-state index contributed by atoms with van der Waals surface area (Å²) in [6, 6.07) is 1.55. The number of thioether (sulfide) groups is 1. The van der Waals surface area contributed by atoms with Crippen molar-refractivity contribution >= 4 is 23.5 Å². The Hall–Kier alpha value is -1.54. The maximum absolute atomic E-state index is 12.4. The van der Waals surface area contributed by atoms with Crippen LogP contribution in [0.25, 0.3) is 0 Å². The van der Waals surface area contributed by atoms with Crippen LogP contribution < -0.4 is 11.4 Å². The van der Waals surface area contributed by atoms with Gasteiger partial charge in [0.25, 0.3) is 0 Å². The van der Waals surface area contributed by atoms with Gasteiger partial charge in [-0.25, -0.2) is 9.59 Å². The van der Waals surface area contributed by atoms with E-state index in [-0.39, 0.29) is 17.0 Å². The fraction of sp³-hybridized carbons (Fsp3) is 0.722. The van der Waals surface area contributed by atoms with Crippen LogP contribution in [0.4, 0.5) is 5.82 Å². The molecule has 0 aromatic carbocycles. The number of carboxylic acid groups (broad SMARTS) is 1. The van der Waals surface area contributed by atoms with Crippen LogP contribution in [-0.4, -0.2) is 30.8 Å². The van der Waals surface area contributed by atoms with Gasteiger partial charge in [-0.05, 0) is 30.7 Å². The van der Waals surface area contributed by atoms with Crippen molar-refractivity contribution in [3.63, 3.8) is 0 Å². The topological polar surface area (TPSA) is 107 Å². The smallest absolute Gasteiger partial charge is 0.351 e. The Kier molecular flexibility index (Phi) is 5.35. The van der Waals surface area contributed by atoms with Gasteiger partial charge in [-0.15, -0.1) is 11.8 Å². The van der Waals surface area contributed by atoms with Crippen LogP contribution in [0, 0.1) is 17.8 Å². The van der Waals surface area contributed by atoms with Crippen LogP contribution >= 0.6 is 11.8 Å². The van der Waals surface area contributed by atoms with Crippen LogP contribution in [0.1, 0.15) is 52.7 Å². The Labute approximate surface area is 157 Å². The van der Waals surface area contributed by atoms with Crippen LogP contribution in [0.15, 0.2) is 17.1 Å². The van der Waals surface area contributed by atoms with Crippen molar-refractivity contribution < 1.29 is 14.6 Å². The number of anilines is 1. The van der Waals surface area contributed by atoms with Gasteiger partial charge in [-0.2, -0.15) is 4.98 Å². The Balaban J connectivity index is 2.02. The summed E-state index contributed by atoms with van der Waals surface area (Å²) in [5, 5.41) is 9.80. The van der Waals surface area contributed by atoms with E-state index >= 15 is 0 Å². The first kappa shape index (κ1) is 19.2. The van der Waals surface area contributed by atoms with E-state index in [2.05, 4.69) is 11.9 Å². The fourth-order valence-corrected chi connectivity index (χ4v) is 5.77. The average Bonchev–Trinajstić information content (AvgIpc) is 2.97. The van der Waals surface area contributed by atoms with Gasteiger partial charge < -0.3 is 15.6 Å². The number of nitrogens with zero attached hydrogens (tertiary/aromatic N) is 2. The molecule has 3 unspecified atom stereocenters. The number of aromatic nitrogens is 2. The first-order chi connectivity index (χ1) is 12.2. The van der Waals surface area contributed by atoms with Crippen LogP contribution in [0.3, 0.4) is 0 Å². The monoisotopic (exact) mass is 381 g/mol. The molecule has 0 bridgehead atoms. The summed E-state index contributed by atoms with van der Waals surface area (Å²) in [4.78, 5) is 26.9. The predicted octanol–water partition coefficient (Wildman–Crippen LogP) is 2.72. The zero-order valence-corrected chi connectivity index (χ0v) is 16.2. The van der Waals surface area contributed by atoms with E-state index < -0.39 is 22.8 Å². The standard InChI is InChI=1S/C18H27N3O4S/c1-10(2)18(16(22)23)25-15(21-8-7-13(19)20-17(21)24)14(26-18)12-6-4-5-11(3)9-12/h7-8,10-12,14-15H,4-6,9H2,1-3H3,(H,22,23)(H2,19,20,24)/t11?,12?,14?,15-,18+/m0/s1. The lowest BCUT2D eigenvalue weighted by molar-refractivity contribution is -0.166. The van der Waals surface area contributed by atoms with Crippen LogP contribution in [-0.2, 0) is 9.53 Å². The van der Waals surface area contributed by atoms with Crippen LogP contribution in [0.2, 0.25) is 0 Å². The lowest BCUT2D eigenvalue weighted by atomic mass is 9.80. The summed E-state index contributed by atoms with van der Waals surface area (Å²) in [5.41, 5.74) is 5.10. The molecule has 1 aliphatic carbocycles. The largest absolute Gasteiger partial charge is 0.478 e. The zero-order valence-electron chi connectivity index (χ0n) is 15.4. The molecule has 1 saturated heterocycles. The number of hydrogen-bond acceptors (Lipinski definition) is 6. The van der Waals surface area contributed by atoms with Gasteiger partial charge >= 0.3 is 11.7 Å². The van der Waals surface area contributed by atoms with Gasteiger partial charge in [0.05, 0.1) is 5.25 Å². The highest BCUT2D eigenvalue weighted by atomic mass is 32.2. The van der Waals surface area contributed by atoms with Crippen molar-refractivity contribution in [3.8, 4) is 0 Å². The third-order valence-corrected chi connectivity index (χ3v) is 7.50. The average molecular weight is 381 g/mol. The molecule has 144 valence electrons. The van der Waals surface area contributed by atoms with Crippen molar-refractivity contribution in [2.24, 2.45) is 17.8 Å². The summed E-state index contributed by atoms with van der Waals surface area (Å²) in [6.07, 6.45) is 5.25. The van der Waals surface area contributed by atoms with Gasteiger partial charge in [-0.3, -0.25) is 4.57 Å². The highest BCUT2D eigenvalue weighted by Gasteiger charge is 2.57. The minimum atomic E-state index is -1.36. The van der Waals surface area contributed by atoms with E-state index in [1.165, 1.54) is 22.7 Å². The Morgan fingerprint density at radius 3 is 2.81 bits per heavy atom. The highest BCUT2D eigenvalue weighted by Crippen LogP contribution is 2.55. The Bertz CT molecular complexity index is 737. The SMILES string of the molecule is CC1CCCC(C2S[C@@](C(=O)O)(C(C)C)O[C@@H]2n2ccc(N)nc2=O)C1. The summed E-state index contributed by atoms with van der Waals surface area (Å²) >= 11 is 1.36. The maximum atomic E-state index is 12.4. The molecule has 2 heterocycles. The molecular weight excluding hydrogens is 354 g/mol. The molecule has 26 heavy (non-hydrogen) atoms. The predicted molar refractivity (Wildman–Crippen MR) is 101 cm³/mol. The first-order valence-electron chi connectivity index (χ1n) is 9.18. The Morgan fingerprint density at radius 2 is 2.23 bits per heavy atom. The molecule has 0 radical (unpaired) electrons. The number of nitrogen functional groups attached to an aromatic ring is 1. The molecule has 2 fully saturated rings. The third kappa shape index (κ3) is 3.36. The van der Waals surface area contributed by atoms with E-state index in [0.717, 1.165) is 19.3 Å². The minimum absolute atomic E-state index is 0.112. The van der Waals surface area contributed by atoms with E-state index in [1.54, 1.807) is 12.3 Å². The molecular formula is C18H27N3O4S. The second-order valence-electron chi connectivity index (χ2n) is 7.79. The lowest BCUT2D eigenvalue weighted by Crippen LogP contribution is -2.41. The van der Waals surface area contributed by atoms with Crippen molar-refractivity contribution in [2.75, 3.05) is 5.73 Å². The first-order valence-corrected chi connectivity index (χ1v) is 10.1. The molecule has 1 aromatic heterocycles. The number of nitrogens with two attached hydrogens (primary N) is 1. The van der Waals surface area contributed by atoms with Crippen molar-refractivity contribution in [2.45, 2.75) is 62.9 Å². The number of aliphatic carboxylic acids is 1. The van der Waals surface area contributed by atoms with Gasteiger partial charge in [-0.1, -0.05) is 33.6 Å². The highest BCUT2D eigenvalue weighted by molar-refractivity contribution is 8.02. The van der Waals surface area contributed by atoms with E-state index in [4.69, 9.17) is 10.5 Å². The minimum Gasteiger partial charge on any atom is -0.478 e. The maximum Gasteiger partial charge on any atom is 0.351 e. The third-order valence-electron chi connectivity index (χ3n) is 5.51. The molecule has 3 N–H and O–H groups in total. The zero-order chi connectivity index (χ0) is 19.1. The number of carboxylic acids is 1. The molecule has 0 spiro atoms. The summed E-state index contributed by atoms with van der Waals surface area (Å²) in [6.45, 7) is 5.91. The lowest BCUT2D eigenvalue weighted by Gasteiger charge is -2.33. The van der Waals surface area contributed by atoms with E-state index in [1.807, 2.05) is 13.8 Å². The number of carbonyl (C=O) groups is 1. The van der Waals surface area contributed by atoms with Gasteiger partial charge in [0, 0.05) is 12.1 Å². The quantitative estimate of drug-likeness (QED) is 0.825. The second kappa shape index (κ2) is 7.23. The number of rotatable bonds is 4. The second-order valence-corrected chi connectivity index (χ2v) is 9.18. The van der Waals surface area contributed by atoms with Crippen LogP contribution in [0.5, 0.6) is 0 Å². The van der Waals surface area contributed by atoms with Gasteiger partial charge in [0.15, 0.2) is 6.23 Å². The fourth-order valence-electron chi connectivity index (χ4n) is 4.10. The van der Waals surface area contributed by atoms with Crippen molar-refractivity contribution in [3.05, 3.63) is 22.7 Å². The molecule has 2 aliphatic rings. The van der Waals surface area contributed by atoms with E-state index in [0.29, 0.717) is 11.8 Å². The number of ether oxygens (including phenoxy) is 1. The molecule has 1 aromatic rings. The molecule has 1 saturated carbocycles.